The number of nitrogens with zero attached hydrogens (tertiary/aromatic N) is 2. The van der Waals surface area contributed by atoms with Crippen molar-refractivity contribution in [2.45, 2.75) is 75.5 Å². The van der Waals surface area contributed by atoms with Gasteiger partial charge in [0.15, 0.2) is 0 Å². The first-order valence-corrected chi connectivity index (χ1v) is 14.4. The fourth-order valence-corrected chi connectivity index (χ4v) is 6.10. The highest BCUT2D eigenvalue weighted by atomic mass is 35.5. The minimum Gasteiger partial charge on any atom is -0.271 e. The van der Waals surface area contributed by atoms with Gasteiger partial charge in [0.05, 0.1) is 10.6 Å². The minimum atomic E-state index is -4.05. The second kappa shape index (κ2) is 13.9. The Bertz CT molecular complexity index is 1070. The molecule has 1 amide bonds. The maximum atomic E-state index is 13.4. The summed E-state index contributed by atoms with van der Waals surface area (Å²) in [6.45, 7) is -0.454. The summed E-state index contributed by atoms with van der Waals surface area (Å²) in [7, 11) is -4.05. The Morgan fingerprint density at radius 1 is 0.829 bits per heavy atom. The molecule has 0 saturated heterocycles. The number of hydrazone groups is 1. The number of carbonyl (C=O) groups excluding carboxylic acids is 1. The van der Waals surface area contributed by atoms with Crippen LogP contribution in [-0.4, -0.2) is 26.6 Å². The summed E-state index contributed by atoms with van der Waals surface area (Å²) in [5.41, 5.74) is 3.76. The number of carbonyl (C=O) groups is 1. The first-order valence-electron chi connectivity index (χ1n) is 12.2. The summed E-state index contributed by atoms with van der Waals surface area (Å²) in [4.78, 5) is 13.0. The zero-order valence-electron chi connectivity index (χ0n) is 19.9. The number of anilines is 1. The first-order chi connectivity index (χ1) is 16.9. The highest BCUT2D eigenvalue weighted by Crippen LogP contribution is 2.29. The van der Waals surface area contributed by atoms with Crippen molar-refractivity contribution in [3.05, 3.63) is 58.6 Å². The summed E-state index contributed by atoms with van der Waals surface area (Å²) >= 11 is 12.3. The van der Waals surface area contributed by atoms with Crippen LogP contribution in [0.2, 0.25) is 10.0 Å². The lowest BCUT2D eigenvalue weighted by molar-refractivity contribution is -0.119. The van der Waals surface area contributed by atoms with Crippen molar-refractivity contribution in [3.63, 3.8) is 0 Å². The molecule has 6 nitrogen and oxygen atoms in total. The Balaban J connectivity index is 1.78. The number of sulfonamides is 1. The highest BCUT2D eigenvalue weighted by molar-refractivity contribution is 7.92. The summed E-state index contributed by atoms with van der Waals surface area (Å²) < 4.78 is 27.9. The Kier molecular flexibility index (Phi) is 10.9. The molecule has 0 bridgehead atoms. The normalized spacial score (nSPS) is 16.0. The molecule has 0 heterocycles. The molecule has 1 aliphatic carbocycles. The number of hydrogen-bond donors (Lipinski definition) is 1. The zero-order chi connectivity index (χ0) is 25.1. The lowest BCUT2D eigenvalue weighted by atomic mass is 10.00. The fraction of sp³-hybridized carbons (Fsp3) is 0.462. The van der Waals surface area contributed by atoms with Gasteiger partial charge in [0, 0.05) is 15.8 Å². The maximum absolute atomic E-state index is 13.4. The number of rotatable bonds is 6. The summed E-state index contributed by atoms with van der Waals surface area (Å²) in [5, 5.41) is 4.94. The molecule has 1 N–H and O–H groups in total. The fourth-order valence-electron chi connectivity index (χ4n) is 4.16. The van der Waals surface area contributed by atoms with Crippen LogP contribution in [0.1, 0.15) is 70.6 Å². The minimum absolute atomic E-state index is 0.0644. The Morgan fingerprint density at radius 3 is 1.89 bits per heavy atom. The third-order valence-electron chi connectivity index (χ3n) is 6.02. The van der Waals surface area contributed by atoms with Crippen LogP contribution in [0.3, 0.4) is 0 Å². The standard InChI is InChI=1S/C26H33Cl2N3O3S/c27-21-17-22(28)19-24(18-21)31(35(33,34)25-15-11-8-12-16-25)20-26(32)30-29-23-13-9-6-4-2-1-3-5-7-10-14-23/h8,11-12,15-19H,1-7,9-10,13-14,20H2,(H,30,32). The lowest BCUT2D eigenvalue weighted by Crippen LogP contribution is -2.39. The van der Waals surface area contributed by atoms with E-state index in [9.17, 15) is 13.2 Å². The monoisotopic (exact) mass is 537 g/mol. The van der Waals surface area contributed by atoms with Crippen molar-refractivity contribution in [3.8, 4) is 0 Å². The second-order valence-corrected chi connectivity index (χ2v) is 11.6. The van der Waals surface area contributed by atoms with Crippen LogP contribution in [0.5, 0.6) is 0 Å². The van der Waals surface area contributed by atoms with E-state index in [0.717, 1.165) is 48.5 Å². The van der Waals surface area contributed by atoms with Gasteiger partial charge in [-0.25, -0.2) is 13.8 Å². The van der Waals surface area contributed by atoms with E-state index in [0.29, 0.717) is 0 Å². The summed E-state index contributed by atoms with van der Waals surface area (Å²) in [5.74, 6) is -0.528. The molecule has 2 aromatic rings. The number of benzene rings is 2. The molecule has 9 heteroatoms. The molecular weight excluding hydrogens is 505 g/mol. The van der Waals surface area contributed by atoms with E-state index in [4.69, 9.17) is 23.2 Å². The van der Waals surface area contributed by atoms with E-state index in [-0.39, 0.29) is 20.6 Å². The van der Waals surface area contributed by atoms with Crippen LogP contribution in [0.4, 0.5) is 5.69 Å². The molecule has 0 unspecified atom stereocenters. The van der Waals surface area contributed by atoms with E-state index in [1.807, 2.05) is 0 Å². The Hall–Kier alpha value is -2.09. The predicted molar refractivity (Wildman–Crippen MR) is 144 cm³/mol. The van der Waals surface area contributed by atoms with Crippen LogP contribution in [-0.2, 0) is 14.8 Å². The molecule has 190 valence electrons. The van der Waals surface area contributed by atoms with E-state index in [1.165, 1.54) is 62.4 Å². The van der Waals surface area contributed by atoms with Crippen LogP contribution in [0, 0.1) is 0 Å². The molecule has 0 atom stereocenters. The summed E-state index contributed by atoms with van der Waals surface area (Å²) in [6, 6.07) is 12.4. The van der Waals surface area contributed by atoms with E-state index in [1.54, 1.807) is 18.2 Å². The van der Waals surface area contributed by atoms with Gasteiger partial charge >= 0.3 is 0 Å². The van der Waals surface area contributed by atoms with Crippen molar-refractivity contribution >= 4 is 50.5 Å². The van der Waals surface area contributed by atoms with Gasteiger partial charge in [-0.05, 0) is 56.0 Å². The van der Waals surface area contributed by atoms with Crippen LogP contribution in [0.15, 0.2) is 58.5 Å². The average molecular weight is 539 g/mol. The molecule has 0 radical (unpaired) electrons. The van der Waals surface area contributed by atoms with Gasteiger partial charge in [-0.3, -0.25) is 9.10 Å². The van der Waals surface area contributed by atoms with E-state index < -0.39 is 22.5 Å². The van der Waals surface area contributed by atoms with Crippen molar-refractivity contribution in [1.82, 2.24) is 5.43 Å². The van der Waals surface area contributed by atoms with Crippen molar-refractivity contribution < 1.29 is 13.2 Å². The van der Waals surface area contributed by atoms with E-state index >= 15 is 0 Å². The molecule has 2 aromatic carbocycles. The molecule has 35 heavy (non-hydrogen) atoms. The summed E-state index contributed by atoms with van der Waals surface area (Å²) in [6.07, 6.45) is 12.4. The number of nitrogens with one attached hydrogen (secondary N) is 1. The predicted octanol–water partition coefficient (Wildman–Crippen LogP) is 6.97. The van der Waals surface area contributed by atoms with Gasteiger partial charge < -0.3 is 0 Å². The number of hydrogen-bond acceptors (Lipinski definition) is 4. The van der Waals surface area contributed by atoms with Gasteiger partial charge in [-0.15, -0.1) is 0 Å². The molecule has 0 aromatic heterocycles. The topological polar surface area (TPSA) is 78.8 Å². The number of amides is 1. The van der Waals surface area contributed by atoms with Gasteiger partial charge in [-0.2, -0.15) is 5.10 Å². The number of halogens is 2. The molecule has 1 aliphatic rings. The van der Waals surface area contributed by atoms with Gasteiger partial charge in [0.25, 0.3) is 15.9 Å². The third kappa shape index (κ3) is 8.81. The third-order valence-corrected chi connectivity index (χ3v) is 8.25. The SMILES string of the molecule is O=C(CN(c1cc(Cl)cc(Cl)c1)S(=O)(=O)c1ccccc1)NN=C1CCCCCCCCCCC1. The van der Waals surface area contributed by atoms with Crippen LogP contribution in [0.25, 0.3) is 0 Å². The Labute approximate surface area is 218 Å². The molecule has 0 spiro atoms. The van der Waals surface area contributed by atoms with Crippen LogP contribution < -0.4 is 9.73 Å². The molecule has 1 saturated carbocycles. The smallest absolute Gasteiger partial charge is 0.264 e. The lowest BCUT2D eigenvalue weighted by Gasteiger charge is -2.24. The largest absolute Gasteiger partial charge is 0.271 e. The Morgan fingerprint density at radius 2 is 1.34 bits per heavy atom. The first kappa shape index (κ1) is 27.5. The van der Waals surface area contributed by atoms with Crippen molar-refractivity contribution in [2.24, 2.45) is 5.10 Å². The van der Waals surface area contributed by atoms with E-state index in [2.05, 4.69) is 10.5 Å². The van der Waals surface area contributed by atoms with Crippen molar-refractivity contribution in [1.29, 1.82) is 0 Å². The maximum Gasteiger partial charge on any atom is 0.264 e. The zero-order valence-corrected chi connectivity index (χ0v) is 22.2. The van der Waals surface area contributed by atoms with Gasteiger partial charge in [0.1, 0.15) is 6.54 Å². The van der Waals surface area contributed by atoms with Gasteiger partial charge in [0.2, 0.25) is 0 Å². The molecule has 1 fully saturated rings. The quantitative estimate of drug-likeness (QED) is 0.404. The highest BCUT2D eigenvalue weighted by Gasteiger charge is 2.27. The molecule has 0 aliphatic heterocycles. The average Bonchev–Trinajstić information content (AvgIpc) is 2.82. The van der Waals surface area contributed by atoms with Gasteiger partial charge in [-0.1, -0.05) is 86.3 Å². The van der Waals surface area contributed by atoms with Crippen molar-refractivity contribution in [2.75, 3.05) is 10.8 Å². The van der Waals surface area contributed by atoms with Crippen LogP contribution >= 0.6 is 23.2 Å². The molecule has 3 rings (SSSR count). The second-order valence-electron chi connectivity index (χ2n) is 8.85. The molecular formula is C26H33Cl2N3O3S.